The molecule has 0 unspecified atom stereocenters. The molecule has 2 fully saturated rings. The number of piperidine rings is 1. The molecule has 2 amide bonds. The summed E-state index contributed by atoms with van der Waals surface area (Å²) in [4.78, 5) is 24.9. The first-order chi connectivity index (χ1) is 12.7. The predicted molar refractivity (Wildman–Crippen MR) is 107 cm³/mol. The summed E-state index contributed by atoms with van der Waals surface area (Å²) in [6.07, 6.45) is 11.8. The van der Waals surface area contributed by atoms with Crippen molar-refractivity contribution in [2.75, 3.05) is 26.2 Å². The standard InChI is InChI=1S/C19H31N5O2.ClH/c25-17(15-16-5-2-1-3-6-16)21-12-13-22-18(26)19(7-10-20-11-8-19)24-14-4-9-23-24;/h4,9,14,16,20H,1-3,5-8,10-13,15H2,(H,21,25)(H,22,26);1H. The summed E-state index contributed by atoms with van der Waals surface area (Å²) >= 11 is 0. The second-order valence-electron chi connectivity index (χ2n) is 7.55. The minimum atomic E-state index is -0.624. The Morgan fingerprint density at radius 3 is 2.48 bits per heavy atom. The van der Waals surface area contributed by atoms with Crippen LogP contribution >= 0.6 is 12.4 Å². The Bertz CT molecular complexity index is 581. The SMILES string of the molecule is Cl.O=C(CC1CCCCC1)NCCNC(=O)C1(n2cccn2)CCNCC1. The molecule has 1 saturated carbocycles. The molecule has 2 heterocycles. The summed E-state index contributed by atoms with van der Waals surface area (Å²) < 4.78 is 1.78. The molecule has 1 saturated heterocycles. The average Bonchev–Trinajstić information content (AvgIpc) is 3.22. The minimum absolute atomic E-state index is 0. The predicted octanol–water partition coefficient (Wildman–Crippen LogP) is 1.59. The van der Waals surface area contributed by atoms with E-state index in [-0.39, 0.29) is 24.2 Å². The first-order valence-electron chi connectivity index (χ1n) is 9.96. The van der Waals surface area contributed by atoms with Crippen molar-refractivity contribution in [3.63, 3.8) is 0 Å². The van der Waals surface area contributed by atoms with Gasteiger partial charge in [0.15, 0.2) is 0 Å². The van der Waals surface area contributed by atoms with Crippen LogP contribution in [0.25, 0.3) is 0 Å². The average molecular weight is 398 g/mol. The van der Waals surface area contributed by atoms with Gasteiger partial charge in [0.25, 0.3) is 0 Å². The van der Waals surface area contributed by atoms with Crippen LogP contribution in [0.3, 0.4) is 0 Å². The number of hydrogen-bond acceptors (Lipinski definition) is 4. The van der Waals surface area contributed by atoms with Crippen LogP contribution < -0.4 is 16.0 Å². The van der Waals surface area contributed by atoms with E-state index in [0.29, 0.717) is 38.3 Å². The van der Waals surface area contributed by atoms with Crippen molar-refractivity contribution in [3.8, 4) is 0 Å². The molecule has 3 rings (SSSR count). The molecule has 152 valence electrons. The van der Waals surface area contributed by atoms with Gasteiger partial charge in [-0.1, -0.05) is 19.3 Å². The molecule has 0 spiro atoms. The van der Waals surface area contributed by atoms with Gasteiger partial charge >= 0.3 is 0 Å². The summed E-state index contributed by atoms with van der Waals surface area (Å²) in [6.45, 7) is 2.52. The van der Waals surface area contributed by atoms with E-state index >= 15 is 0 Å². The van der Waals surface area contributed by atoms with Gasteiger partial charge in [0.1, 0.15) is 5.54 Å². The van der Waals surface area contributed by atoms with E-state index in [4.69, 9.17) is 0 Å². The minimum Gasteiger partial charge on any atom is -0.354 e. The van der Waals surface area contributed by atoms with Crippen LogP contribution in [0.4, 0.5) is 0 Å². The number of nitrogens with zero attached hydrogens (tertiary/aromatic N) is 2. The van der Waals surface area contributed by atoms with Crippen LogP contribution in [0.5, 0.6) is 0 Å². The number of rotatable bonds is 7. The highest BCUT2D eigenvalue weighted by Crippen LogP contribution is 2.27. The Kier molecular flexibility index (Phi) is 8.57. The maximum absolute atomic E-state index is 12.9. The highest BCUT2D eigenvalue weighted by atomic mass is 35.5. The second-order valence-corrected chi connectivity index (χ2v) is 7.55. The number of carbonyl (C=O) groups is 2. The second kappa shape index (κ2) is 10.7. The van der Waals surface area contributed by atoms with Crippen LogP contribution in [0.1, 0.15) is 51.4 Å². The van der Waals surface area contributed by atoms with Crippen molar-refractivity contribution < 1.29 is 9.59 Å². The fraction of sp³-hybridized carbons (Fsp3) is 0.737. The quantitative estimate of drug-likeness (QED) is 0.609. The number of halogens is 1. The third-order valence-electron chi connectivity index (χ3n) is 5.73. The number of aromatic nitrogens is 2. The lowest BCUT2D eigenvalue weighted by Gasteiger charge is -2.36. The Labute approximate surface area is 167 Å². The van der Waals surface area contributed by atoms with E-state index in [1.165, 1.54) is 32.1 Å². The van der Waals surface area contributed by atoms with E-state index in [9.17, 15) is 9.59 Å². The lowest BCUT2D eigenvalue weighted by atomic mass is 9.87. The molecule has 1 aromatic rings. The summed E-state index contributed by atoms with van der Waals surface area (Å²) in [6, 6.07) is 1.85. The number of hydrogen-bond donors (Lipinski definition) is 3. The molecule has 1 aliphatic carbocycles. The van der Waals surface area contributed by atoms with Gasteiger partial charge in [-0.25, -0.2) is 0 Å². The zero-order chi connectivity index (χ0) is 18.2. The van der Waals surface area contributed by atoms with Crippen molar-refractivity contribution in [3.05, 3.63) is 18.5 Å². The van der Waals surface area contributed by atoms with Gasteiger partial charge in [0.05, 0.1) is 0 Å². The normalized spacial score (nSPS) is 19.7. The molecule has 0 bridgehead atoms. The molecule has 2 aliphatic rings. The van der Waals surface area contributed by atoms with E-state index in [1.807, 2.05) is 12.3 Å². The van der Waals surface area contributed by atoms with E-state index in [1.54, 1.807) is 10.9 Å². The Morgan fingerprint density at radius 1 is 1.11 bits per heavy atom. The Hall–Kier alpha value is -1.60. The van der Waals surface area contributed by atoms with Crippen molar-refractivity contribution >= 4 is 24.2 Å². The van der Waals surface area contributed by atoms with Gasteiger partial charge in [-0.3, -0.25) is 14.3 Å². The highest BCUT2D eigenvalue weighted by molar-refractivity contribution is 5.85. The van der Waals surface area contributed by atoms with Crippen LogP contribution in [0, 0.1) is 5.92 Å². The zero-order valence-corrected chi connectivity index (χ0v) is 16.7. The van der Waals surface area contributed by atoms with E-state index in [0.717, 1.165) is 13.1 Å². The molecular formula is C19H32ClN5O2. The van der Waals surface area contributed by atoms with Gasteiger partial charge in [-0.15, -0.1) is 12.4 Å². The molecule has 27 heavy (non-hydrogen) atoms. The highest BCUT2D eigenvalue weighted by Gasteiger charge is 2.41. The van der Waals surface area contributed by atoms with Crippen LogP contribution in [-0.2, 0) is 15.1 Å². The third-order valence-corrected chi connectivity index (χ3v) is 5.73. The van der Waals surface area contributed by atoms with Gasteiger partial charge in [0, 0.05) is 31.9 Å². The molecule has 1 aliphatic heterocycles. The van der Waals surface area contributed by atoms with E-state index < -0.39 is 5.54 Å². The number of amides is 2. The first-order valence-corrected chi connectivity index (χ1v) is 9.96. The molecular weight excluding hydrogens is 366 g/mol. The zero-order valence-electron chi connectivity index (χ0n) is 15.9. The third kappa shape index (κ3) is 5.69. The molecule has 0 radical (unpaired) electrons. The Morgan fingerprint density at radius 2 is 1.81 bits per heavy atom. The molecule has 8 heteroatoms. The number of nitrogens with one attached hydrogen (secondary N) is 3. The van der Waals surface area contributed by atoms with Crippen molar-refractivity contribution in [1.29, 1.82) is 0 Å². The monoisotopic (exact) mass is 397 g/mol. The molecule has 0 aromatic carbocycles. The summed E-state index contributed by atoms with van der Waals surface area (Å²) in [5.74, 6) is 0.634. The Balaban J connectivity index is 0.00000261. The summed E-state index contributed by atoms with van der Waals surface area (Å²) in [5.41, 5.74) is -0.624. The smallest absolute Gasteiger partial charge is 0.248 e. The fourth-order valence-electron chi connectivity index (χ4n) is 4.19. The van der Waals surface area contributed by atoms with Crippen molar-refractivity contribution in [2.45, 2.75) is 56.9 Å². The molecule has 0 atom stereocenters. The van der Waals surface area contributed by atoms with E-state index in [2.05, 4.69) is 21.0 Å². The van der Waals surface area contributed by atoms with Gasteiger partial charge in [-0.05, 0) is 50.8 Å². The summed E-state index contributed by atoms with van der Waals surface area (Å²) in [7, 11) is 0. The summed E-state index contributed by atoms with van der Waals surface area (Å²) in [5, 5.41) is 13.6. The van der Waals surface area contributed by atoms with Crippen LogP contribution in [0.2, 0.25) is 0 Å². The van der Waals surface area contributed by atoms with Crippen molar-refractivity contribution in [2.24, 2.45) is 5.92 Å². The van der Waals surface area contributed by atoms with Gasteiger partial charge in [0.2, 0.25) is 11.8 Å². The lowest BCUT2D eigenvalue weighted by Crippen LogP contribution is -2.55. The maximum atomic E-state index is 12.9. The lowest BCUT2D eigenvalue weighted by molar-refractivity contribution is -0.132. The first kappa shape index (κ1) is 21.7. The molecule has 1 aromatic heterocycles. The molecule has 3 N–H and O–H groups in total. The molecule has 7 nitrogen and oxygen atoms in total. The van der Waals surface area contributed by atoms with Gasteiger partial charge < -0.3 is 16.0 Å². The maximum Gasteiger partial charge on any atom is 0.248 e. The largest absolute Gasteiger partial charge is 0.354 e. The van der Waals surface area contributed by atoms with Crippen LogP contribution in [-0.4, -0.2) is 47.8 Å². The van der Waals surface area contributed by atoms with Crippen LogP contribution in [0.15, 0.2) is 18.5 Å². The topological polar surface area (TPSA) is 88.1 Å². The fourth-order valence-corrected chi connectivity index (χ4v) is 4.19. The van der Waals surface area contributed by atoms with Gasteiger partial charge in [-0.2, -0.15) is 5.10 Å². The number of carbonyl (C=O) groups excluding carboxylic acids is 2. The van der Waals surface area contributed by atoms with Crippen molar-refractivity contribution in [1.82, 2.24) is 25.7 Å².